The summed E-state index contributed by atoms with van der Waals surface area (Å²) in [5.74, 6) is 0. The molecule has 0 aliphatic carbocycles. The first-order chi connectivity index (χ1) is 9.45. The Balaban J connectivity index is 1.94. The number of thiazole rings is 1. The van der Waals surface area contributed by atoms with Crippen LogP contribution in [0.15, 0.2) is 30.3 Å². The van der Waals surface area contributed by atoms with Crippen LogP contribution in [0.2, 0.25) is 0 Å². The second kappa shape index (κ2) is 4.95. The van der Waals surface area contributed by atoms with E-state index in [0.29, 0.717) is 6.42 Å². The summed E-state index contributed by atoms with van der Waals surface area (Å²) in [6, 6.07) is 10.3. The molecule has 0 saturated heterocycles. The van der Waals surface area contributed by atoms with Crippen molar-refractivity contribution in [3.8, 4) is 0 Å². The van der Waals surface area contributed by atoms with E-state index in [9.17, 15) is 5.11 Å². The molecule has 0 radical (unpaired) electrons. The van der Waals surface area contributed by atoms with Crippen LogP contribution in [0, 0.1) is 13.8 Å². The standard InChI is InChI=1S/C16H17NOS2/c1-10-11(2)19-15(17-10)9-16(3,18)14-8-12-6-4-5-7-13(12)20-14/h4-8,18H,9H2,1-3H3. The maximum absolute atomic E-state index is 10.8. The zero-order valence-corrected chi connectivity index (χ0v) is 13.4. The van der Waals surface area contributed by atoms with Gasteiger partial charge in [-0.2, -0.15) is 0 Å². The molecule has 2 heterocycles. The highest BCUT2D eigenvalue weighted by Gasteiger charge is 2.27. The molecule has 1 N–H and O–H groups in total. The molecular weight excluding hydrogens is 286 g/mol. The molecule has 0 spiro atoms. The Labute approximate surface area is 126 Å². The smallest absolute Gasteiger partial charge is 0.102 e. The van der Waals surface area contributed by atoms with E-state index >= 15 is 0 Å². The summed E-state index contributed by atoms with van der Waals surface area (Å²) in [5.41, 5.74) is 0.206. The Kier molecular flexibility index (Phi) is 3.40. The fourth-order valence-electron chi connectivity index (χ4n) is 2.24. The van der Waals surface area contributed by atoms with Gasteiger partial charge in [0, 0.05) is 20.9 Å². The Hall–Kier alpha value is -1.23. The fourth-order valence-corrected chi connectivity index (χ4v) is 4.43. The minimum Gasteiger partial charge on any atom is -0.384 e. The summed E-state index contributed by atoms with van der Waals surface area (Å²) in [4.78, 5) is 6.77. The number of aliphatic hydroxyl groups is 1. The maximum atomic E-state index is 10.8. The molecule has 2 aromatic heterocycles. The molecule has 1 atom stereocenters. The van der Waals surface area contributed by atoms with Crippen LogP contribution in [0.4, 0.5) is 0 Å². The molecule has 4 heteroatoms. The van der Waals surface area contributed by atoms with E-state index in [1.807, 2.05) is 26.0 Å². The number of aromatic nitrogens is 1. The molecule has 0 saturated carbocycles. The van der Waals surface area contributed by atoms with Crippen LogP contribution in [0.25, 0.3) is 10.1 Å². The molecule has 3 rings (SSSR count). The predicted octanol–water partition coefficient (Wildman–Crippen LogP) is 4.42. The minimum absolute atomic E-state index is 0.569. The van der Waals surface area contributed by atoms with Crippen LogP contribution in [-0.4, -0.2) is 10.1 Å². The number of fused-ring (bicyclic) bond motifs is 1. The molecule has 0 aliphatic rings. The molecule has 2 nitrogen and oxygen atoms in total. The minimum atomic E-state index is -0.861. The van der Waals surface area contributed by atoms with Crippen molar-refractivity contribution in [3.63, 3.8) is 0 Å². The normalized spacial score (nSPS) is 14.6. The number of nitrogens with zero attached hydrogens (tertiary/aromatic N) is 1. The van der Waals surface area contributed by atoms with Gasteiger partial charge in [-0.1, -0.05) is 18.2 Å². The number of benzene rings is 1. The van der Waals surface area contributed by atoms with Gasteiger partial charge in [0.25, 0.3) is 0 Å². The highest BCUT2D eigenvalue weighted by molar-refractivity contribution is 7.19. The van der Waals surface area contributed by atoms with Gasteiger partial charge >= 0.3 is 0 Å². The Morgan fingerprint density at radius 2 is 1.95 bits per heavy atom. The van der Waals surface area contributed by atoms with Crippen molar-refractivity contribution in [2.45, 2.75) is 32.8 Å². The molecule has 1 unspecified atom stereocenters. The topological polar surface area (TPSA) is 33.1 Å². The monoisotopic (exact) mass is 303 g/mol. The van der Waals surface area contributed by atoms with Gasteiger partial charge in [0.1, 0.15) is 5.60 Å². The SMILES string of the molecule is Cc1nc(CC(C)(O)c2cc3ccccc3s2)sc1C. The highest BCUT2D eigenvalue weighted by Crippen LogP contribution is 2.36. The molecule has 20 heavy (non-hydrogen) atoms. The average Bonchev–Trinajstić information content (AvgIpc) is 2.93. The molecular formula is C16H17NOS2. The van der Waals surface area contributed by atoms with Gasteiger partial charge in [0.05, 0.1) is 10.7 Å². The van der Waals surface area contributed by atoms with Gasteiger partial charge in [0.15, 0.2) is 0 Å². The Morgan fingerprint density at radius 1 is 1.20 bits per heavy atom. The quantitative estimate of drug-likeness (QED) is 0.776. The fraction of sp³-hybridized carbons (Fsp3) is 0.312. The van der Waals surface area contributed by atoms with Crippen molar-refractivity contribution in [1.82, 2.24) is 4.98 Å². The van der Waals surface area contributed by atoms with Crippen LogP contribution in [-0.2, 0) is 12.0 Å². The number of hydrogen-bond acceptors (Lipinski definition) is 4. The summed E-state index contributed by atoms with van der Waals surface area (Å²) in [7, 11) is 0. The third-order valence-electron chi connectivity index (χ3n) is 3.52. The summed E-state index contributed by atoms with van der Waals surface area (Å²) < 4.78 is 1.22. The molecule has 0 bridgehead atoms. The van der Waals surface area contributed by atoms with E-state index in [0.717, 1.165) is 15.6 Å². The van der Waals surface area contributed by atoms with Crippen LogP contribution in [0.1, 0.15) is 27.4 Å². The number of hydrogen-bond donors (Lipinski definition) is 1. The summed E-state index contributed by atoms with van der Waals surface area (Å²) in [5, 5.41) is 13.0. The molecule has 3 aromatic rings. The van der Waals surface area contributed by atoms with E-state index in [4.69, 9.17) is 0 Å². The van der Waals surface area contributed by atoms with Gasteiger partial charge in [0.2, 0.25) is 0 Å². The summed E-state index contributed by atoms with van der Waals surface area (Å²) in [6.45, 7) is 5.97. The van der Waals surface area contributed by atoms with Crippen LogP contribution in [0.3, 0.4) is 0 Å². The van der Waals surface area contributed by atoms with Gasteiger partial charge in [-0.25, -0.2) is 4.98 Å². The van der Waals surface area contributed by atoms with E-state index in [-0.39, 0.29) is 0 Å². The van der Waals surface area contributed by atoms with Crippen molar-refractivity contribution in [2.75, 3.05) is 0 Å². The van der Waals surface area contributed by atoms with E-state index < -0.39 is 5.60 Å². The second-order valence-electron chi connectivity index (χ2n) is 5.35. The molecule has 0 fully saturated rings. The van der Waals surface area contributed by atoms with Crippen molar-refractivity contribution >= 4 is 32.8 Å². The Bertz CT molecular complexity index is 702. The zero-order valence-electron chi connectivity index (χ0n) is 11.8. The number of thiophene rings is 1. The van der Waals surface area contributed by atoms with E-state index in [1.54, 1.807) is 22.7 Å². The predicted molar refractivity (Wildman–Crippen MR) is 86.7 cm³/mol. The van der Waals surface area contributed by atoms with E-state index in [1.165, 1.54) is 15.0 Å². The lowest BCUT2D eigenvalue weighted by Gasteiger charge is -2.20. The first-order valence-electron chi connectivity index (χ1n) is 6.60. The third kappa shape index (κ3) is 2.51. The van der Waals surface area contributed by atoms with Crippen molar-refractivity contribution in [2.24, 2.45) is 0 Å². The molecule has 1 aromatic carbocycles. The zero-order chi connectivity index (χ0) is 14.3. The van der Waals surface area contributed by atoms with Crippen molar-refractivity contribution < 1.29 is 5.11 Å². The lowest BCUT2D eigenvalue weighted by molar-refractivity contribution is 0.0615. The average molecular weight is 303 g/mol. The van der Waals surface area contributed by atoms with Crippen molar-refractivity contribution in [3.05, 3.63) is 50.8 Å². The van der Waals surface area contributed by atoms with Crippen LogP contribution < -0.4 is 0 Å². The van der Waals surface area contributed by atoms with E-state index in [2.05, 4.69) is 30.1 Å². The van der Waals surface area contributed by atoms with Gasteiger partial charge in [-0.3, -0.25) is 0 Å². The van der Waals surface area contributed by atoms with Gasteiger partial charge < -0.3 is 5.11 Å². The Morgan fingerprint density at radius 3 is 2.60 bits per heavy atom. The first kappa shape index (κ1) is 13.7. The largest absolute Gasteiger partial charge is 0.384 e. The first-order valence-corrected chi connectivity index (χ1v) is 8.23. The molecule has 104 valence electrons. The number of aryl methyl sites for hydroxylation is 2. The highest BCUT2D eigenvalue weighted by atomic mass is 32.1. The molecule has 0 aliphatic heterocycles. The maximum Gasteiger partial charge on any atom is 0.102 e. The molecule has 0 amide bonds. The van der Waals surface area contributed by atoms with Crippen LogP contribution >= 0.6 is 22.7 Å². The lowest BCUT2D eigenvalue weighted by Crippen LogP contribution is -2.22. The third-order valence-corrected chi connectivity index (χ3v) is 5.97. The summed E-state index contributed by atoms with van der Waals surface area (Å²) >= 11 is 3.34. The van der Waals surface area contributed by atoms with Gasteiger partial charge in [-0.05, 0) is 38.3 Å². The van der Waals surface area contributed by atoms with Crippen molar-refractivity contribution in [1.29, 1.82) is 0 Å². The van der Waals surface area contributed by atoms with Gasteiger partial charge in [-0.15, -0.1) is 22.7 Å². The summed E-state index contributed by atoms with van der Waals surface area (Å²) in [6.07, 6.45) is 0.569. The number of rotatable bonds is 3. The lowest BCUT2D eigenvalue weighted by atomic mass is 10.0. The second-order valence-corrected chi connectivity index (χ2v) is 7.72. The van der Waals surface area contributed by atoms with Crippen LogP contribution in [0.5, 0.6) is 0 Å².